The summed E-state index contributed by atoms with van der Waals surface area (Å²) in [6.45, 7) is 7.90. The zero-order valence-corrected chi connectivity index (χ0v) is 38.6. The number of nitriles is 1. The number of aliphatic carboxylic acids is 2. The molecule has 10 heteroatoms. The summed E-state index contributed by atoms with van der Waals surface area (Å²) in [4.78, 5) is 37.0. The van der Waals surface area contributed by atoms with Crippen LogP contribution in [0.25, 0.3) is 6.08 Å². The van der Waals surface area contributed by atoms with Crippen LogP contribution in [0.2, 0.25) is 0 Å². The van der Waals surface area contributed by atoms with Crippen LogP contribution in [0.3, 0.4) is 0 Å². The van der Waals surface area contributed by atoms with Crippen molar-refractivity contribution in [3.05, 3.63) is 173 Å². The predicted molar refractivity (Wildman–Crippen MR) is 256 cm³/mol. The maximum absolute atomic E-state index is 13.0. The predicted octanol–water partition coefficient (Wildman–Crippen LogP) is 10.0. The minimum atomic E-state index is -0.931. The van der Waals surface area contributed by atoms with Gasteiger partial charge in [-0.2, -0.15) is 5.26 Å². The van der Waals surface area contributed by atoms with Gasteiger partial charge in [-0.15, -0.1) is 0 Å². The first-order valence-electron chi connectivity index (χ1n) is 21.6. The van der Waals surface area contributed by atoms with E-state index in [9.17, 15) is 29.9 Å². The van der Waals surface area contributed by atoms with Crippen LogP contribution in [0, 0.1) is 34.0 Å². The van der Waals surface area contributed by atoms with E-state index in [2.05, 4.69) is 99.2 Å². The third-order valence-corrected chi connectivity index (χ3v) is 13.8. The average Bonchev–Trinajstić information content (AvgIpc) is 3.47. The fourth-order valence-corrected chi connectivity index (χ4v) is 11.1. The second-order valence-electron chi connectivity index (χ2n) is 17.2. The second-order valence-corrected chi connectivity index (χ2v) is 18.6. The molecule has 1 heterocycles. The van der Waals surface area contributed by atoms with Gasteiger partial charge < -0.3 is 20.3 Å². The maximum atomic E-state index is 13.0. The number of halogens is 1. The van der Waals surface area contributed by atoms with Gasteiger partial charge >= 0.3 is 11.9 Å². The van der Waals surface area contributed by atoms with Crippen molar-refractivity contribution in [2.24, 2.45) is 22.7 Å². The van der Waals surface area contributed by atoms with Crippen molar-refractivity contribution >= 4 is 52.1 Å². The van der Waals surface area contributed by atoms with Gasteiger partial charge in [0, 0.05) is 40.0 Å². The summed E-state index contributed by atoms with van der Waals surface area (Å²) in [5.74, 6) is -1.41. The number of carbonyl (C=O) groups is 3. The highest BCUT2D eigenvalue weighted by molar-refractivity contribution is 14.1. The number of hydrogen-bond donors (Lipinski definition) is 3. The van der Waals surface area contributed by atoms with E-state index in [1.807, 2.05) is 87.5 Å². The molecule has 2 aliphatic carbocycles. The van der Waals surface area contributed by atoms with Crippen molar-refractivity contribution in [3.8, 4) is 6.07 Å². The van der Waals surface area contributed by atoms with Crippen LogP contribution < -0.4 is 5.32 Å². The molecule has 0 bridgehead atoms. The molecular weight excluding hydrogens is 902 g/mol. The monoisotopic (exact) mass is 958 g/mol. The highest BCUT2D eigenvalue weighted by Crippen LogP contribution is 2.53. The molecule has 5 atom stereocenters. The maximum Gasteiger partial charge on any atom is 0.309 e. The molecule has 63 heavy (non-hydrogen) atoms. The number of Topliss-reactive ketones (excluding diaryl/α,β-unsaturated/α-hetero) is 1. The quantitative estimate of drug-likeness (QED) is 0.0335. The number of carboxylic acids is 2. The molecule has 0 fully saturated rings. The zero-order chi connectivity index (χ0) is 45.1. The highest BCUT2D eigenvalue weighted by atomic mass is 127. The Morgan fingerprint density at radius 3 is 2.16 bits per heavy atom. The molecule has 5 unspecified atom stereocenters. The Bertz CT molecular complexity index is 2380. The lowest BCUT2D eigenvalue weighted by molar-refractivity contribution is -0.549. The van der Waals surface area contributed by atoms with Gasteiger partial charge in [0.15, 0.2) is 18.3 Å². The summed E-state index contributed by atoms with van der Waals surface area (Å²) in [7, 11) is 0. The van der Waals surface area contributed by atoms with Crippen LogP contribution in [0.15, 0.2) is 151 Å². The van der Waals surface area contributed by atoms with Gasteiger partial charge in [0.1, 0.15) is 18.0 Å². The number of benzene rings is 3. The van der Waals surface area contributed by atoms with E-state index in [0.29, 0.717) is 24.2 Å². The number of nitrogens with one attached hydrogen (secondary N) is 1. The Hall–Kier alpha value is -5.80. The first-order valence-corrected chi connectivity index (χ1v) is 22.9. The summed E-state index contributed by atoms with van der Waals surface area (Å²) < 4.78 is 8.20. The van der Waals surface area contributed by atoms with Gasteiger partial charge in [-0.3, -0.25) is 14.4 Å². The Morgan fingerprint density at radius 1 is 0.921 bits per heavy atom. The molecule has 0 saturated heterocycles. The summed E-state index contributed by atoms with van der Waals surface area (Å²) >= 11 is 2.57. The normalized spacial score (nSPS) is 22.1. The third kappa shape index (κ3) is 11.2. The SMILES string of the molecule is CC(=O)CC1(C)C(/C=C/C(C#N)=C/C=C(/NCCC(=O)O)C(Cc2ccccc2)(Cc2ccccc2)C2C=Cc3ccccc3C2I)=[N+](CCC(=O)O)C2C=CC(OC(C)C)=CC21. The van der Waals surface area contributed by atoms with Crippen LogP contribution in [0.1, 0.15) is 73.1 Å². The lowest BCUT2D eigenvalue weighted by Gasteiger charge is -2.46. The molecule has 9 nitrogen and oxygen atoms in total. The van der Waals surface area contributed by atoms with Crippen molar-refractivity contribution in [3.63, 3.8) is 0 Å². The van der Waals surface area contributed by atoms with Gasteiger partial charge in [0.25, 0.3) is 0 Å². The second kappa shape index (κ2) is 21.0. The van der Waals surface area contributed by atoms with Gasteiger partial charge in [-0.05, 0) is 99.2 Å². The zero-order valence-electron chi connectivity index (χ0n) is 36.4. The molecular formula is C53H57IN3O6+. The molecule has 326 valence electrons. The summed E-state index contributed by atoms with van der Waals surface area (Å²) in [6, 6.07) is 31.3. The van der Waals surface area contributed by atoms with E-state index in [4.69, 9.17) is 4.74 Å². The molecule has 3 N–H and O–H groups in total. The molecule has 6 rings (SSSR count). The molecule has 0 spiro atoms. The molecule has 3 aliphatic rings. The van der Waals surface area contributed by atoms with E-state index in [-0.39, 0.29) is 66.0 Å². The van der Waals surface area contributed by atoms with Crippen molar-refractivity contribution < 1.29 is 33.9 Å². The minimum absolute atomic E-state index is 0.00583. The smallest absolute Gasteiger partial charge is 0.309 e. The number of allylic oxidation sites excluding steroid dienone is 8. The molecule has 1 aliphatic heterocycles. The number of hydrogen-bond acceptors (Lipinski definition) is 6. The van der Waals surface area contributed by atoms with Gasteiger partial charge in [-0.25, -0.2) is 4.58 Å². The molecule has 0 saturated carbocycles. The van der Waals surface area contributed by atoms with Gasteiger partial charge in [0.05, 0.1) is 35.5 Å². The Balaban J connectivity index is 1.53. The number of nitrogens with zero attached hydrogens (tertiary/aromatic N) is 2. The Kier molecular flexibility index (Phi) is 15.6. The standard InChI is InChI=1S/C53H56IN3O6/c1-36(2)63-42-22-24-46-45(31-42)52(4,32-37(3)58)48(57(46)30-28-50(61)62)26-20-40(35-55)19-25-47(56-29-27-49(59)60)53(33-38-13-7-5-8-14-38,34-39-15-9-6-10-16-39)44-23-21-41-17-11-12-18-43(41)51(44)54/h5-26,31,36,44-46,51H,27-30,32-34H2,1-4H3,(H2,59,60,61,62)/p+1. The van der Waals surface area contributed by atoms with Crippen LogP contribution in [0.5, 0.6) is 0 Å². The van der Waals surface area contributed by atoms with Crippen LogP contribution in [-0.2, 0) is 32.0 Å². The number of ether oxygens (including phenoxy) is 1. The number of ketones is 1. The van der Waals surface area contributed by atoms with Crippen LogP contribution in [0.4, 0.5) is 0 Å². The number of carbonyl (C=O) groups excluding carboxylic acids is 1. The van der Waals surface area contributed by atoms with Crippen molar-refractivity contribution in [1.82, 2.24) is 5.32 Å². The molecule has 0 radical (unpaired) electrons. The molecule has 0 aromatic heterocycles. The number of alkyl halides is 1. The summed E-state index contributed by atoms with van der Waals surface area (Å²) in [6.07, 6.45) is 19.0. The van der Waals surface area contributed by atoms with E-state index in [1.165, 1.54) is 5.56 Å². The highest BCUT2D eigenvalue weighted by Gasteiger charge is 2.56. The first kappa shape index (κ1) is 46.7. The van der Waals surface area contributed by atoms with Crippen molar-refractivity contribution in [2.45, 2.75) is 75.9 Å². The molecule has 3 aromatic rings. The summed E-state index contributed by atoms with van der Waals surface area (Å²) in [5, 5.41) is 34.0. The lowest BCUT2D eigenvalue weighted by atomic mass is 9.62. The minimum Gasteiger partial charge on any atom is -0.491 e. The van der Waals surface area contributed by atoms with Gasteiger partial charge in [-0.1, -0.05) is 120 Å². The topological polar surface area (TPSA) is 140 Å². The Labute approximate surface area is 385 Å². The first-order chi connectivity index (χ1) is 30.2. The van der Waals surface area contributed by atoms with E-state index >= 15 is 0 Å². The number of rotatable bonds is 20. The largest absolute Gasteiger partial charge is 0.491 e. The van der Waals surface area contributed by atoms with E-state index in [0.717, 1.165) is 28.1 Å². The fraction of sp³-hybridized carbons (Fsp3) is 0.340. The Morgan fingerprint density at radius 2 is 1.56 bits per heavy atom. The number of fused-ring (bicyclic) bond motifs is 2. The molecule has 0 amide bonds. The van der Waals surface area contributed by atoms with Crippen molar-refractivity contribution in [2.75, 3.05) is 13.1 Å². The van der Waals surface area contributed by atoms with Crippen molar-refractivity contribution in [1.29, 1.82) is 5.26 Å². The number of carboxylic acid groups (broad SMARTS) is 2. The summed E-state index contributed by atoms with van der Waals surface area (Å²) in [5.41, 5.74) is 5.15. The average molecular weight is 959 g/mol. The molecule has 3 aromatic carbocycles. The van der Waals surface area contributed by atoms with E-state index < -0.39 is 22.8 Å². The van der Waals surface area contributed by atoms with Gasteiger partial charge in [0.2, 0.25) is 0 Å². The van der Waals surface area contributed by atoms with Crippen LogP contribution in [-0.4, -0.2) is 63.5 Å². The fourth-order valence-electron chi connectivity index (χ4n) is 9.65. The van der Waals surface area contributed by atoms with E-state index in [1.54, 1.807) is 19.1 Å². The van der Waals surface area contributed by atoms with Crippen LogP contribution >= 0.6 is 22.6 Å². The third-order valence-electron chi connectivity index (χ3n) is 12.3. The lowest BCUT2D eigenvalue weighted by Crippen LogP contribution is -2.44.